The van der Waals surface area contributed by atoms with Gasteiger partial charge in [-0.25, -0.2) is 43.9 Å². The summed E-state index contributed by atoms with van der Waals surface area (Å²) in [6.07, 6.45) is 0. The van der Waals surface area contributed by atoms with Gasteiger partial charge in [-0.1, -0.05) is 0 Å². The molecule has 0 radical (unpaired) electrons. The topological polar surface area (TPSA) is 80.3 Å². The average molecular weight is 488 g/mol. The summed E-state index contributed by atoms with van der Waals surface area (Å²) in [5.74, 6) is -28.7. The van der Waals surface area contributed by atoms with E-state index in [1.165, 1.54) is 0 Å². The van der Waals surface area contributed by atoms with Crippen LogP contribution in [0.4, 0.5) is 43.9 Å². The predicted molar refractivity (Wildman–Crippen MR) is 61.1 cm³/mol. The molecule has 0 bridgehead atoms. The summed E-state index contributed by atoms with van der Waals surface area (Å²) >= 11 is 0. The third kappa shape index (κ3) is 4.84. The summed E-state index contributed by atoms with van der Waals surface area (Å²) in [7, 11) is 0. The number of carbonyl (C=O) groups excluding carboxylic acids is 2. The number of carbonyl (C=O) groups is 2. The van der Waals surface area contributed by atoms with E-state index >= 15 is 0 Å². The van der Waals surface area contributed by atoms with Crippen molar-refractivity contribution in [1.82, 2.24) is 0 Å². The fourth-order valence-corrected chi connectivity index (χ4v) is 1.57. The van der Waals surface area contributed by atoms with Gasteiger partial charge in [0.05, 0.1) is 23.1 Å². The van der Waals surface area contributed by atoms with Crippen LogP contribution in [0.5, 0.6) is 0 Å². The summed E-state index contributed by atoms with van der Waals surface area (Å²) in [5, 5.41) is 20.0. The first kappa shape index (κ1) is 26.3. The number of halogens is 10. The molecule has 2 aromatic carbocycles. The second-order valence-corrected chi connectivity index (χ2v) is 4.46. The number of rotatable bonds is 2. The van der Waals surface area contributed by atoms with Gasteiger partial charge in [0.25, 0.3) is 0 Å². The molecule has 0 unspecified atom stereocenters. The number of benzene rings is 2. The Bertz CT molecular complexity index is 858. The van der Waals surface area contributed by atoms with Gasteiger partial charge in [-0.3, -0.25) is 0 Å². The number of aromatic carboxylic acids is 2. The monoisotopic (exact) mass is 486 g/mol. The summed E-state index contributed by atoms with van der Waals surface area (Å²) in [6.45, 7) is 0. The van der Waals surface area contributed by atoms with Crippen LogP contribution < -0.4 is 10.2 Å². The van der Waals surface area contributed by atoms with Crippen molar-refractivity contribution in [2.75, 3.05) is 0 Å². The van der Waals surface area contributed by atoms with Gasteiger partial charge in [0.2, 0.25) is 11.6 Å². The molecule has 0 atom stereocenters. The third-order valence-electron chi connectivity index (χ3n) is 2.83. The number of hydrogen-bond acceptors (Lipinski definition) is 4. The predicted octanol–water partition coefficient (Wildman–Crippen LogP) is 1.49. The Morgan fingerprint density at radius 1 is 0.414 bits per heavy atom. The van der Waals surface area contributed by atoms with Gasteiger partial charge in [-0.15, -0.1) is 0 Å². The third-order valence-corrected chi connectivity index (χ3v) is 2.83. The molecule has 0 spiro atoms. The van der Waals surface area contributed by atoms with Gasteiger partial charge in [0.1, 0.15) is 0 Å². The second kappa shape index (κ2) is 9.68. The second-order valence-electron chi connectivity index (χ2n) is 4.46. The summed E-state index contributed by atoms with van der Waals surface area (Å²) in [6, 6.07) is 0. The molecule has 2 aromatic rings. The van der Waals surface area contributed by atoms with Crippen molar-refractivity contribution in [3.05, 3.63) is 69.3 Å². The van der Waals surface area contributed by atoms with Crippen LogP contribution in [0, 0.1) is 58.2 Å². The van der Waals surface area contributed by atoms with Gasteiger partial charge in [-0.2, -0.15) is 0 Å². The number of carboxylic acids is 2. The minimum absolute atomic E-state index is 0. The van der Waals surface area contributed by atoms with E-state index in [0.29, 0.717) is 0 Å². The van der Waals surface area contributed by atoms with Crippen molar-refractivity contribution >= 4 is 11.9 Å². The van der Waals surface area contributed by atoms with Gasteiger partial charge in [-0.05, 0) is 0 Å². The fraction of sp³-hybridized carbons (Fsp3) is 0. The smallest absolute Gasteiger partial charge is 0.545 e. The van der Waals surface area contributed by atoms with Crippen molar-refractivity contribution in [3.63, 3.8) is 0 Å². The Morgan fingerprint density at radius 2 is 0.552 bits per heavy atom. The molecule has 0 fully saturated rings. The molecule has 0 saturated carbocycles. The van der Waals surface area contributed by atoms with Crippen molar-refractivity contribution in [1.29, 1.82) is 0 Å². The van der Waals surface area contributed by atoms with Crippen LogP contribution in [-0.2, 0) is 19.5 Å². The van der Waals surface area contributed by atoms with E-state index in [1.54, 1.807) is 0 Å². The zero-order chi connectivity index (χ0) is 22.1. The van der Waals surface area contributed by atoms with Crippen LogP contribution in [0.25, 0.3) is 0 Å². The SMILES string of the molecule is O=C([O-])c1c(F)c(F)c(F)c(F)c1F.O=C([O-])c1c(F)c(F)c(F)c(F)c1F.[Zn+2]. The molecular weight excluding hydrogens is 488 g/mol. The van der Waals surface area contributed by atoms with Crippen LogP contribution >= 0.6 is 0 Å². The molecule has 152 valence electrons. The largest absolute Gasteiger partial charge is 2.00 e. The van der Waals surface area contributed by atoms with E-state index < -0.39 is 81.2 Å². The molecule has 15 heteroatoms. The fourth-order valence-electron chi connectivity index (χ4n) is 1.57. The van der Waals surface area contributed by atoms with Crippen molar-refractivity contribution in [2.24, 2.45) is 0 Å². The Morgan fingerprint density at radius 3 is 0.690 bits per heavy atom. The van der Waals surface area contributed by atoms with Crippen LogP contribution in [0.2, 0.25) is 0 Å². The Kier molecular flexibility index (Phi) is 8.78. The minimum Gasteiger partial charge on any atom is -0.545 e. The van der Waals surface area contributed by atoms with Crippen molar-refractivity contribution in [3.8, 4) is 0 Å². The zero-order valence-electron chi connectivity index (χ0n) is 13.1. The van der Waals surface area contributed by atoms with Crippen LogP contribution in [0.3, 0.4) is 0 Å². The minimum atomic E-state index is -2.47. The zero-order valence-corrected chi connectivity index (χ0v) is 16.1. The average Bonchev–Trinajstić information content (AvgIpc) is 2.61. The van der Waals surface area contributed by atoms with E-state index in [1.807, 2.05) is 0 Å². The molecule has 0 amide bonds. The van der Waals surface area contributed by atoms with E-state index in [2.05, 4.69) is 0 Å². The van der Waals surface area contributed by atoms with Crippen LogP contribution in [0.1, 0.15) is 20.7 Å². The summed E-state index contributed by atoms with van der Waals surface area (Å²) in [5.41, 5.74) is -3.94. The number of carboxylic acid groups (broad SMARTS) is 2. The Hall–Kier alpha value is -2.70. The van der Waals surface area contributed by atoms with E-state index in [9.17, 15) is 63.7 Å². The quantitative estimate of drug-likeness (QED) is 0.278. The van der Waals surface area contributed by atoms with Gasteiger partial charge in [0, 0.05) is 0 Å². The Labute approximate surface area is 165 Å². The van der Waals surface area contributed by atoms with Gasteiger partial charge >= 0.3 is 19.5 Å². The summed E-state index contributed by atoms with van der Waals surface area (Å²) < 4.78 is 124. The molecule has 0 saturated heterocycles. The number of hydrogen-bond donors (Lipinski definition) is 0. The molecular formula is C14F10O4Zn. The molecule has 0 aliphatic heterocycles. The molecule has 2 rings (SSSR count). The molecule has 0 heterocycles. The van der Waals surface area contributed by atoms with E-state index in [-0.39, 0.29) is 19.5 Å². The first-order valence-corrected chi connectivity index (χ1v) is 6.21. The van der Waals surface area contributed by atoms with Crippen molar-refractivity contribution in [2.45, 2.75) is 0 Å². The maximum atomic E-state index is 12.5. The maximum absolute atomic E-state index is 12.5. The Balaban J connectivity index is 0.000000523. The summed E-state index contributed by atoms with van der Waals surface area (Å²) in [4.78, 5) is 20.0. The molecule has 29 heavy (non-hydrogen) atoms. The normalized spacial score (nSPS) is 10.0. The van der Waals surface area contributed by atoms with Crippen LogP contribution in [0.15, 0.2) is 0 Å². The molecule has 0 N–H and O–H groups in total. The van der Waals surface area contributed by atoms with E-state index in [0.717, 1.165) is 0 Å². The first-order valence-electron chi connectivity index (χ1n) is 6.21. The van der Waals surface area contributed by atoms with E-state index in [4.69, 9.17) is 0 Å². The van der Waals surface area contributed by atoms with Gasteiger partial charge < -0.3 is 19.8 Å². The molecule has 0 aliphatic rings. The van der Waals surface area contributed by atoms with Crippen LogP contribution in [-0.4, -0.2) is 11.9 Å². The van der Waals surface area contributed by atoms with Gasteiger partial charge in [0.15, 0.2) is 46.5 Å². The molecule has 4 nitrogen and oxygen atoms in total. The standard InChI is InChI=1S/2C7HF5O2.Zn/c2*8-2-1(7(13)14)3(9)5(11)6(12)4(2)10;/h2*(H,13,14);/q;;+2/p-2. The first-order chi connectivity index (χ1) is 12.7. The van der Waals surface area contributed by atoms with Crippen molar-refractivity contribution < 1.29 is 83.2 Å². The molecule has 0 aliphatic carbocycles. The molecule has 0 aromatic heterocycles. The maximum Gasteiger partial charge on any atom is 2.00 e.